The summed E-state index contributed by atoms with van der Waals surface area (Å²) in [7, 11) is 3.59. The molecule has 2 rings (SSSR count). The van der Waals surface area contributed by atoms with Gasteiger partial charge in [0, 0.05) is 33.8 Å². The molecule has 136 valence electrons. The summed E-state index contributed by atoms with van der Waals surface area (Å²) < 4.78 is 5.13. The van der Waals surface area contributed by atoms with Crippen molar-refractivity contribution in [2.24, 2.45) is 5.92 Å². The third-order valence-electron chi connectivity index (χ3n) is 4.72. The van der Waals surface area contributed by atoms with Gasteiger partial charge in [-0.05, 0) is 49.5 Å². The summed E-state index contributed by atoms with van der Waals surface area (Å²) in [5, 5.41) is 11.7. The summed E-state index contributed by atoms with van der Waals surface area (Å²) in [5.41, 5.74) is 1.62. The van der Waals surface area contributed by atoms with E-state index in [1.165, 1.54) is 0 Å². The monoisotopic (exact) mass is 344 g/mol. The molecule has 0 aromatic heterocycles. The Morgan fingerprint density at radius 3 is 2.64 bits per heavy atom. The second-order valence-electron chi connectivity index (χ2n) is 6.63. The number of nitriles is 1. The number of ether oxygens (including phenoxy) is 1. The highest BCUT2D eigenvalue weighted by Crippen LogP contribution is 2.17. The number of hydrogen-bond donors (Lipinski definition) is 1. The van der Waals surface area contributed by atoms with E-state index in [4.69, 9.17) is 10.00 Å². The minimum Gasteiger partial charge on any atom is -0.383 e. The number of nitrogens with one attached hydrogen (secondary N) is 1. The third kappa shape index (κ3) is 6.37. The molecule has 1 fully saturated rings. The van der Waals surface area contributed by atoms with Crippen LogP contribution >= 0.6 is 0 Å². The van der Waals surface area contributed by atoms with Crippen molar-refractivity contribution in [3.63, 3.8) is 0 Å². The largest absolute Gasteiger partial charge is 0.383 e. The van der Waals surface area contributed by atoms with Gasteiger partial charge in [0.1, 0.15) is 0 Å². The summed E-state index contributed by atoms with van der Waals surface area (Å²) in [6.45, 7) is 5.19. The molecule has 0 radical (unpaired) electrons. The summed E-state index contributed by atoms with van der Waals surface area (Å²) in [5.74, 6) is 0.560. The molecule has 1 saturated heterocycles. The van der Waals surface area contributed by atoms with Crippen LogP contribution in [0.3, 0.4) is 0 Å². The van der Waals surface area contributed by atoms with Gasteiger partial charge in [-0.15, -0.1) is 0 Å². The predicted molar refractivity (Wildman–Crippen MR) is 97.1 cm³/mol. The highest BCUT2D eigenvalue weighted by molar-refractivity contribution is 5.73. The Balaban J connectivity index is 1.69. The zero-order chi connectivity index (χ0) is 18.1. The lowest BCUT2D eigenvalue weighted by Gasteiger charge is -2.33. The smallest absolute Gasteiger partial charge is 0.317 e. The topological polar surface area (TPSA) is 68.6 Å². The van der Waals surface area contributed by atoms with Crippen LogP contribution in [0.5, 0.6) is 0 Å². The number of rotatable bonds is 7. The fourth-order valence-corrected chi connectivity index (χ4v) is 3.09. The van der Waals surface area contributed by atoms with Gasteiger partial charge in [-0.2, -0.15) is 5.26 Å². The molecule has 2 amide bonds. The number of likely N-dealkylation sites (tertiary alicyclic amines) is 1. The molecule has 1 aliphatic rings. The number of carbonyl (C=O) groups excluding carboxylic acids is 1. The van der Waals surface area contributed by atoms with Crippen molar-refractivity contribution in [2.75, 3.05) is 46.9 Å². The number of benzene rings is 1. The summed E-state index contributed by atoms with van der Waals surface area (Å²) >= 11 is 0. The summed E-state index contributed by atoms with van der Waals surface area (Å²) in [6, 6.07) is 9.31. The fraction of sp³-hybridized carbons (Fsp3) is 0.579. The average Bonchev–Trinajstić information content (AvgIpc) is 2.65. The maximum atomic E-state index is 12.3. The molecule has 1 N–H and O–H groups in total. The normalized spacial score (nSPS) is 15.6. The van der Waals surface area contributed by atoms with Crippen molar-refractivity contribution >= 4 is 6.03 Å². The molecule has 6 nitrogen and oxygen atoms in total. The Kier molecular flexibility index (Phi) is 7.71. The van der Waals surface area contributed by atoms with Gasteiger partial charge in [-0.25, -0.2) is 4.79 Å². The number of nitrogens with zero attached hydrogens (tertiary/aromatic N) is 3. The predicted octanol–water partition coefficient (Wildman–Crippen LogP) is 2.06. The molecule has 0 atom stereocenters. The molecule has 0 spiro atoms. The van der Waals surface area contributed by atoms with Gasteiger partial charge < -0.3 is 19.9 Å². The zero-order valence-electron chi connectivity index (χ0n) is 15.2. The van der Waals surface area contributed by atoms with Gasteiger partial charge in [0.25, 0.3) is 0 Å². The molecule has 1 aromatic carbocycles. The van der Waals surface area contributed by atoms with Gasteiger partial charge in [-0.3, -0.25) is 0 Å². The van der Waals surface area contributed by atoms with E-state index >= 15 is 0 Å². The van der Waals surface area contributed by atoms with Crippen molar-refractivity contribution in [1.29, 1.82) is 5.26 Å². The molecule has 0 saturated carbocycles. The highest BCUT2D eigenvalue weighted by atomic mass is 16.5. The quantitative estimate of drug-likeness (QED) is 0.822. The number of methoxy groups -OCH3 is 1. The van der Waals surface area contributed by atoms with Crippen LogP contribution in [-0.4, -0.2) is 62.8 Å². The van der Waals surface area contributed by atoms with Crippen LogP contribution in [0.25, 0.3) is 0 Å². The van der Waals surface area contributed by atoms with E-state index < -0.39 is 0 Å². The van der Waals surface area contributed by atoms with Crippen molar-refractivity contribution in [1.82, 2.24) is 15.1 Å². The van der Waals surface area contributed by atoms with Gasteiger partial charge in [0.05, 0.1) is 18.2 Å². The minimum atomic E-state index is -0.0498. The molecule has 6 heteroatoms. The first-order valence-corrected chi connectivity index (χ1v) is 8.81. The number of carbonyl (C=O) groups is 1. The molecular formula is C19H28N4O2. The maximum absolute atomic E-state index is 12.3. The number of amides is 2. The van der Waals surface area contributed by atoms with Gasteiger partial charge in [-0.1, -0.05) is 12.1 Å². The molecular weight excluding hydrogens is 316 g/mol. The lowest BCUT2D eigenvalue weighted by Crippen LogP contribution is -2.43. The zero-order valence-corrected chi connectivity index (χ0v) is 15.2. The van der Waals surface area contributed by atoms with Crippen molar-refractivity contribution < 1.29 is 9.53 Å². The van der Waals surface area contributed by atoms with Crippen molar-refractivity contribution in [3.8, 4) is 6.07 Å². The third-order valence-corrected chi connectivity index (χ3v) is 4.72. The number of hydrogen-bond acceptors (Lipinski definition) is 4. The Morgan fingerprint density at radius 2 is 2.04 bits per heavy atom. The number of urea groups is 1. The summed E-state index contributed by atoms with van der Waals surface area (Å²) in [6.07, 6.45) is 2.24. The van der Waals surface area contributed by atoms with Crippen LogP contribution in [0.1, 0.15) is 24.0 Å². The van der Waals surface area contributed by atoms with E-state index in [0.29, 0.717) is 18.0 Å². The van der Waals surface area contributed by atoms with E-state index in [1.807, 2.05) is 19.2 Å². The van der Waals surface area contributed by atoms with Crippen molar-refractivity contribution in [2.45, 2.75) is 19.4 Å². The van der Waals surface area contributed by atoms with Gasteiger partial charge >= 0.3 is 6.03 Å². The molecule has 0 bridgehead atoms. The molecule has 0 aliphatic carbocycles. The molecule has 1 heterocycles. The van der Waals surface area contributed by atoms with E-state index in [1.54, 1.807) is 24.1 Å². The van der Waals surface area contributed by atoms with Crippen LogP contribution in [-0.2, 0) is 11.3 Å². The van der Waals surface area contributed by atoms with Crippen LogP contribution in [0, 0.1) is 17.2 Å². The second kappa shape index (κ2) is 10.0. The lowest BCUT2D eigenvalue weighted by molar-refractivity contribution is 0.112. The fourth-order valence-electron chi connectivity index (χ4n) is 3.09. The first kappa shape index (κ1) is 19.2. The first-order valence-electron chi connectivity index (χ1n) is 8.81. The van der Waals surface area contributed by atoms with E-state index in [0.717, 1.165) is 51.2 Å². The molecule has 25 heavy (non-hydrogen) atoms. The first-order chi connectivity index (χ1) is 12.1. The average molecular weight is 344 g/mol. The minimum absolute atomic E-state index is 0.0498. The number of piperidine rings is 1. The van der Waals surface area contributed by atoms with Gasteiger partial charge in [0.2, 0.25) is 0 Å². The van der Waals surface area contributed by atoms with E-state index in [2.05, 4.69) is 16.3 Å². The molecule has 1 aromatic rings. The van der Waals surface area contributed by atoms with Crippen LogP contribution in [0.15, 0.2) is 24.3 Å². The van der Waals surface area contributed by atoms with Gasteiger partial charge in [0.15, 0.2) is 0 Å². The highest BCUT2D eigenvalue weighted by Gasteiger charge is 2.21. The van der Waals surface area contributed by atoms with Crippen molar-refractivity contribution in [3.05, 3.63) is 35.4 Å². The van der Waals surface area contributed by atoms with Crippen LogP contribution < -0.4 is 5.32 Å². The Labute approximate surface area is 150 Å². The lowest BCUT2D eigenvalue weighted by atomic mass is 9.96. The van der Waals surface area contributed by atoms with Crippen LogP contribution in [0.2, 0.25) is 0 Å². The SMILES string of the molecule is COCCN1CCC(CN(C)C(=O)NCc2ccc(C#N)cc2)CC1. The summed E-state index contributed by atoms with van der Waals surface area (Å²) in [4.78, 5) is 16.5. The molecule has 1 aliphatic heterocycles. The van der Waals surface area contributed by atoms with Crippen LogP contribution in [0.4, 0.5) is 4.79 Å². The second-order valence-corrected chi connectivity index (χ2v) is 6.63. The van der Waals surface area contributed by atoms with E-state index in [-0.39, 0.29) is 6.03 Å². The standard InChI is InChI=1S/C19H28N4O2/c1-22(15-18-7-9-23(10-8-18)11-12-25-2)19(24)21-14-17-5-3-16(13-20)4-6-17/h3-6,18H,7-12,14-15H2,1-2H3,(H,21,24). The Hall–Kier alpha value is -2.10. The van der Waals surface area contributed by atoms with E-state index in [9.17, 15) is 4.79 Å². The molecule has 0 unspecified atom stereocenters. The Morgan fingerprint density at radius 1 is 1.36 bits per heavy atom. The Bertz CT molecular complexity index is 574. The maximum Gasteiger partial charge on any atom is 0.317 e.